The first-order valence-electron chi connectivity index (χ1n) is 10.8. The highest BCUT2D eigenvalue weighted by molar-refractivity contribution is 6.30. The summed E-state index contributed by atoms with van der Waals surface area (Å²) in [5, 5.41) is 12.5. The summed E-state index contributed by atoms with van der Waals surface area (Å²) in [5.41, 5.74) is 1.59. The van der Waals surface area contributed by atoms with Crippen molar-refractivity contribution >= 4 is 23.2 Å². The van der Waals surface area contributed by atoms with E-state index >= 15 is 0 Å². The van der Waals surface area contributed by atoms with Gasteiger partial charge in [0.25, 0.3) is 0 Å². The molecule has 2 unspecified atom stereocenters. The number of carbonyl (C=O) groups is 1. The average Bonchev–Trinajstić information content (AvgIpc) is 3.09. The van der Waals surface area contributed by atoms with Crippen LogP contribution in [-0.4, -0.2) is 53.6 Å². The van der Waals surface area contributed by atoms with Crippen LogP contribution in [0, 0.1) is 0 Å². The van der Waals surface area contributed by atoms with E-state index in [1.807, 2.05) is 24.0 Å². The Bertz CT molecular complexity index is 902. The van der Waals surface area contributed by atoms with Gasteiger partial charge in [-0.1, -0.05) is 23.7 Å². The number of nitrogens with one attached hydrogen (secondary N) is 1. The molecule has 2 atom stereocenters. The summed E-state index contributed by atoms with van der Waals surface area (Å²) < 4.78 is 33.3. The van der Waals surface area contributed by atoms with Crippen LogP contribution in [0.25, 0.3) is 0 Å². The van der Waals surface area contributed by atoms with Crippen molar-refractivity contribution in [3.8, 4) is 0 Å². The number of aliphatic hydroxyl groups excluding tert-OH is 1. The quantitative estimate of drug-likeness (QED) is 0.537. The summed E-state index contributed by atoms with van der Waals surface area (Å²) in [5.74, 6) is -1.60. The third-order valence-electron chi connectivity index (χ3n) is 5.35. The fourth-order valence-corrected chi connectivity index (χ4v) is 3.95. The molecule has 1 aliphatic carbocycles. The first-order valence-corrected chi connectivity index (χ1v) is 11.1. The van der Waals surface area contributed by atoms with Gasteiger partial charge in [0.15, 0.2) is 12.1 Å². The number of aliphatic imine (C=N–C) groups is 1. The number of amides is 1. The standard InChI is InChI=1S/C23H28ClF2N3O3/c1-2-27-20-13-21(32-17-8-9-18(25)19(26)12-17)29(14-15-4-6-16(24)7-5-15)22(20)23(31)28-10-3-11-30/h4-7,12,21-22,30H,2-3,8-11,13-14H2,1H3,(H,28,31). The molecule has 0 bridgehead atoms. The monoisotopic (exact) mass is 467 g/mol. The fourth-order valence-electron chi connectivity index (χ4n) is 3.82. The van der Waals surface area contributed by atoms with Crippen LogP contribution in [0.15, 0.2) is 52.7 Å². The number of aliphatic hydroxyl groups is 1. The van der Waals surface area contributed by atoms with Gasteiger partial charge in [0.2, 0.25) is 5.91 Å². The maximum atomic E-state index is 13.8. The molecule has 0 aromatic heterocycles. The number of carbonyl (C=O) groups excluding carboxylic acids is 1. The molecule has 2 aliphatic rings. The van der Waals surface area contributed by atoms with Gasteiger partial charge in [0, 0.05) is 62.3 Å². The molecule has 1 fully saturated rings. The van der Waals surface area contributed by atoms with E-state index in [0.717, 1.165) is 11.6 Å². The van der Waals surface area contributed by atoms with Crippen LogP contribution in [-0.2, 0) is 16.1 Å². The third-order valence-corrected chi connectivity index (χ3v) is 5.60. The van der Waals surface area contributed by atoms with E-state index in [-0.39, 0.29) is 25.4 Å². The first kappa shape index (κ1) is 24.4. The molecule has 6 nitrogen and oxygen atoms in total. The van der Waals surface area contributed by atoms with E-state index in [9.17, 15) is 13.6 Å². The number of allylic oxidation sites excluding steroid dienone is 4. The smallest absolute Gasteiger partial charge is 0.243 e. The van der Waals surface area contributed by atoms with Crippen LogP contribution in [0.1, 0.15) is 38.2 Å². The SMILES string of the molecule is CCN=C1CC(OC2=CC(F)=C(F)CC2)N(Cc2ccc(Cl)cc2)C1C(=O)NCCCO. The zero-order chi connectivity index (χ0) is 23.1. The number of likely N-dealkylation sites (tertiary alicyclic amines) is 1. The Morgan fingerprint density at radius 3 is 2.72 bits per heavy atom. The van der Waals surface area contributed by atoms with E-state index in [1.165, 1.54) is 0 Å². The summed E-state index contributed by atoms with van der Waals surface area (Å²) in [4.78, 5) is 19.5. The highest BCUT2D eigenvalue weighted by atomic mass is 35.5. The molecule has 1 saturated heterocycles. The number of rotatable bonds is 9. The summed E-state index contributed by atoms with van der Waals surface area (Å²) in [7, 11) is 0. The van der Waals surface area contributed by atoms with E-state index in [2.05, 4.69) is 10.3 Å². The molecule has 1 amide bonds. The van der Waals surface area contributed by atoms with Gasteiger partial charge in [-0.2, -0.15) is 0 Å². The molecule has 1 aromatic carbocycles. The minimum absolute atomic E-state index is 0.0229. The van der Waals surface area contributed by atoms with Crippen molar-refractivity contribution in [2.45, 2.75) is 51.4 Å². The predicted molar refractivity (Wildman–Crippen MR) is 120 cm³/mol. The van der Waals surface area contributed by atoms with Crippen LogP contribution in [0.3, 0.4) is 0 Å². The minimum Gasteiger partial charge on any atom is -0.479 e. The third kappa shape index (κ3) is 6.15. The van der Waals surface area contributed by atoms with Crippen LogP contribution >= 0.6 is 11.6 Å². The number of ether oxygens (including phenoxy) is 1. The lowest BCUT2D eigenvalue weighted by Crippen LogP contribution is -2.48. The van der Waals surface area contributed by atoms with Gasteiger partial charge < -0.3 is 15.2 Å². The predicted octanol–water partition coefficient (Wildman–Crippen LogP) is 4.04. The summed E-state index contributed by atoms with van der Waals surface area (Å²) in [6.07, 6.45) is 1.51. The summed E-state index contributed by atoms with van der Waals surface area (Å²) in [6.45, 7) is 3.08. The molecular formula is C23H28ClF2N3O3. The topological polar surface area (TPSA) is 74.2 Å². The maximum Gasteiger partial charge on any atom is 0.243 e. The van der Waals surface area contributed by atoms with E-state index in [0.29, 0.717) is 49.0 Å². The molecule has 1 heterocycles. The lowest BCUT2D eigenvalue weighted by molar-refractivity contribution is -0.127. The molecule has 1 aromatic rings. The van der Waals surface area contributed by atoms with Crippen molar-refractivity contribution in [3.63, 3.8) is 0 Å². The number of benzene rings is 1. The van der Waals surface area contributed by atoms with Gasteiger partial charge >= 0.3 is 0 Å². The molecule has 9 heteroatoms. The number of nitrogens with zero attached hydrogens (tertiary/aromatic N) is 2. The van der Waals surface area contributed by atoms with Crippen LogP contribution in [0.5, 0.6) is 0 Å². The van der Waals surface area contributed by atoms with Crippen molar-refractivity contribution < 1.29 is 23.4 Å². The van der Waals surface area contributed by atoms with Crippen molar-refractivity contribution in [2.24, 2.45) is 4.99 Å². The molecule has 0 radical (unpaired) electrons. The van der Waals surface area contributed by atoms with Crippen molar-refractivity contribution in [1.82, 2.24) is 10.2 Å². The second kappa shape index (κ2) is 11.5. The maximum absolute atomic E-state index is 13.8. The van der Waals surface area contributed by atoms with Crippen LogP contribution < -0.4 is 5.32 Å². The van der Waals surface area contributed by atoms with Crippen LogP contribution in [0.4, 0.5) is 8.78 Å². The lowest BCUT2D eigenvalue weighted by Gasteiger charge is -2.30. The fraction of sp³-hybridized carbons (Fsp3) is 0.478. The van der Waals surface area contributed by atoms with E-state index in [1.54, 1.807) is 12.1 Å². The second-order valence-electron chi connectivity index (χ2n) is 7.68. The van der Waals surface area contributed by atoms with Gasteiger partial charge in [-0.05, 0) is 31.0 Å². The molecular weight excluding hydrogens is 440 g/mol. The molecule has 3 rings (SSSR count). The minimum atomic E-state index is -0.922. The molecule has 1 aliphatic heterocycles. The Kier molecular flexibility index (Phi) is 8.78. The van der Waals surface area contributed by atoms with Gasteiger partial charge in [-0.15, -0.1) is 0 Å². The molecule has 2 N–H and O–H groups in total. The van der Waals surface area contributed by atoms with E-state index < -0.39 is 23.9 Å². The largest absolute Gasteiger partial charge is 0.479 e. The van der Waals surface area contributed by atoms with Gasteiger partial charge in [-0.3, -0.25) is 9.79 Å². The average molecular weight is 468 g/mol. The van der Waals surface area contributed by atoms with Gasteiger partial charge in [-0.25, -0.2) is 13.7 Å². The van der Waals surface area contributed by atoms with Crippen molar-refractivity contribution in [3.05, 3.63) is 58.3 Å². The Hall–Kier alpha value is -2.29. The zero-order valence-electron chi connectivity index (χ0n) is 18.0. The normalized spacial score (nSPS) is 22.9. The zero-order valence-corrected chi connectivity index (χ0v) is 18.7. The van der Waals surface area contributed by atoms with Crippen molar-refractivity contribution in [2.75, 3.05) is 19.7 Å². The Morgan fingerprint density at radius 2 is 2.06 bits per heavy atom. The molecule has 0 spiro atoms. The van der Waals surface area contributed by atoms with Gasteiger partial charge in [0.05, 0.1) is 0 Å². The summed E-state index contributed by atoms with van der Waals surface area (Å²) >= 11 is 6.01. The molecule has 32 heavy (non-hydrogen) atoms. The Balaban J connectivity index is 1.89. The Labute approximate surface area is 191 Å². The lowest BCUT2D eigenvalue weighted by atomic mass is 10.1. The number of hydrogen-bond acceptors (Lipinski definition) is 5. The summed E-state index contributed by atoms with van der Waals surface area (Å²) in [6, 6.07) is 6.61. The molecule has 174 valence electrons. The highest BCUT2D eigenvalue weighted by Gasteiger charge is 2.44. The highest BCUT2D eigenvalue weighted by Crippen LogP contribution is 2.32. The van der Waals surface area contributed by atoms with Crippen molar-refractivity contribution in [1.29, 1.82) is 0 Å². The second-order valence-corrected chi connectivity index (χ2v) is 8.11. The number of hydrogen-bond donors (Lipinski definition) is 2. The molecule has 0 saturated carbocycles. The van der Waals surface area contributed by atoms with E-state index in [4.69, 9.17) is 21.4 Å². The number of halogens is 3. The first-order chi connectivity index (χ1) is 15.4. The van der Waals surface area contributed by atoms with Crippen LogP contribution in [0.2, 0.25) is 5.02 Å². The Morgan fingerprint density at radius 1 is 1.31 bits per heavy atom. The van der Waals surface area contributed by atoms with Gasteiger partial charge in [0.1, 0.15) is 17.6 Å².